The molecule has 0 radical (unpaired) electrons. The van der Waals surface area contributed by atoms with Gasteiger partial charge in [0.25, 0.3) is 0 Å². The van der Waals surface area contributed by atoms with E-state index in [-0.39, 0.29) is 6.10 Å². The predicted molar refractivity (Wildman–Crippen MR) is 115 cm³/mol. The van der Waals surface area contributed by atoms with Crippen LogP contribution in [0.4, 0.5) is 0 Å². The third-order valence-corrected chi connectivity index (χ3v) is 6.15. The maximum absolute atomic E-state index is 6.01. The molecular weight excluding hydrogens is 346 g/mol. The maximum Gasteiger partial charge on any atom is 0.226 e. The van der Waals surface area contributed by atoms with Gasteiger partial charge in [0.2, 0.25) is 5.89 Å². The first-order valence-corrected chi connectivity index (χ1v) is 10.7. The van der Waals surface area contributed by atoms with Crippen molar-refractivity contribution in [1.29, 1.82) is 0 Å². The van der Waals surface area contributed by atoms with Gasteiger partial charge >= 0.3 is 0 Å². The van der Waals surface area contributed by atoms with Crippen molar-refractivity contribution in [2.45, 2.75) is 72.3 Å². The lowest BCUT2D eigenvalue weighted by Gasteiger charge is -2.30. The molecule has 3 heteroatoms. The molecule has 2 aromatic rings. The maximum atomic E-state index is 6.01. The van der Waals surface area contributed by atoms with Crippen LogP contribution in [0.5, 0.6) is 0 Å². The molecule has 1 fully saturated rings. The van der Waals surface area contributed by atoms with Crippen LogP contribution in [0.1, 0.15) is 63.0 Å². The SMILES string of the molecule is C=C(C)C(C)OCC1CCCC(CCc2nc(-c3ccc(C)cc3)oc2C)C1. The summed E-state index contributed by atoms with van der Waals surface area (Å²) in [5.74, 6) is 3.15. The normalized spacial score (nSPS) is 20.9. The van der Waals surface area contributed by atoms with Crippen LogP contribution in [0.25, 0.3) is 11.5 Å². The summed E-state index contributed by atoms with van der Waals surface area (Å²) in [6, 6.07) is 8.38. The Bertz CT molecular complexity index is 774. The highest BCUT2D eigenvalue weighted by Gasteiger charge is 2.23. The molecule has 3 rings (SSSR count). The number of hydrogen-bond donors (Lipinski definition) is 0. The molecule has 0 amide bonds. The molecule has 1 aliphatic rings. The van der Waals surface area contributed by atoms with Gasteiger partial charge < -0.3 is 9.15 Å². The zero-order valence-electron chi connectivity index (χ0n) is 18.0. The molecule has 3 unspecified atom stereocenters. The molecule has 0 saturated heterocycles. The fourth-order valence-corrected chi connectivity index (χ4v) is 4.06. The largest absolute Gasteiger partial charge is 0.441 e. The molecule has 1 aromatic carbocycles. The van der Waals surface area contributed by atoms with E-state index in [1.54, 1.807) is 0 Å². The Labute approximate surface area is 170 Å². The van der Waals surface area contributed by atoms with Crippen LogP contribution in [0.15, 0.2) is 40.8 Å². The van der Waals surface area contributed by atoms with Gasteiger partial charge in [-0.2, -0.15) is 0 Å². The molecule has 0 bridgehead atoms. The van der Waals surface area contributed by atoms with Crippen LogP contribution in [0.3, 0.4) is 0 Å². The van der Waals surface area contributed by atoms with Gasteiger partial charge in [-0.05, 0) is 77.3 Å². The Morgan fingerprint density at radius 2 is 1.93 bits per heavy atom. The van der Waals surface area contributed by atoms with Crippen molar-refractivity contribution < 1.29 is 9.15 Å². The van der Waals surface area contributed by atoms with E-state index in [1.807, 2.05) is 13.8 Å². The molecular formula is C25H35NO2. The summed E-state index contributed by atoms with van der Waals surface area (Å²) in [4.78, 5) is 4.79. The first-order valence-electron chi connectivity index (χ1n) is 10.7. The van der Waals surface area contributed by atoms with Crippen molar-refractivity contribution in [2.75, 3.05) is 6.61 Å². The molecule has 1 saturated carbocycles. The van der Waals surface area contributed by atoms with Crippen LogP contribution < -0.4 is 0 Å². The molecule has 0 spiro atoms. The van der Waals surface area contributed by atoms with E-state index in [1.165, 1.54) is 37.7 Å². The third kappa shape index (κ3) is 5.57. The molecule has 3 atom stereocenters. The van der Waals surface area contributed by atoms with E-state index >= 15 is 0 Å². The van der Waals surface area contributed by atoms with E-state index in [2.05, 4.69) is 44.7 Å². The van der Waals surface area contributed by atoms with E-state index < -0.39 is 0 Å². The predicted octanol–water partition coefficient (Wildman–Crippen LogP) is 6.68. The van der Waals surface area contributed by atoms with Gasteiger partial charge in [0, 0.05) is 5.56 Å². The first kappa shape index (κ1) is 20.9. The highest BCUT2D eigenvalue weighted by atomic mass is 16.5. The third-order valence-electron chi connectivity index (χ3n) is 6.15. The smallest absolute Gasteiger partial charge is 0.226 e. The van der Waals surface area contributed by atoms with Gasteiger partial charge in [-0.25, -0.2) is 4.98 Å². The van der Waals surface area contributed by atoms with E-state index in [0.717, 1.165) is 47.4 Å². The van der Waals surface area contributed by atoms with Crippen LogP contribution in [0, 0.1) is 25.7 Å². The zero-order valence-corrected chi connectivity index (χ0v) is 18.0. The summed E-state index contributed by atoms with van der Waals surface area (Å²) in [6.07, 6.45) is 7.55. The molecule has 0 aliphatic heterocycles. The number of nitrogens with zero attached hydrogens (tertiary/aromatic N) is 1. The topological polar surface area (TPSA) is 35.3 Å². The van der Waals surface area contributed by atoms with Crippen molar-refractivity contribution in [2.24, 2.45) is 11.8 Å². The molecule has 1 aliphatic carbocycles. The highest BCUT2D eigenvalue weighted by Crippen LogP contribution is 2.33. The number of aryl methyl sites for hydroxylation is 3. The lowest BCUT2D eigenvalue weighted by Crippen LogP contribution is -2.23. The summed E-state index contributed by atoms with van der Waals surface area (Å²) in [5.41, 5.74) is 4.53. The van der Waals surface area contributed by atoms with Gasteiger partial charge in [0.1, 0.15) is 5.76 Å². The Morgan fingerprint density at radius 3 is 2.64 bits per heavy atom. The number of benzene rings is 1. The Kier molecular flexibility index (Phi) is 7.12. The average Bonchev–Trinajstić information content (AvgIpc) is 3.06. The summed E-state index contributed by atoms with van der Waals surface area (Å²) in [7, 11) is 0. The number of hydrogen-bond acceptors (Lipinski definition) is 3. The van der Waals surface area contributed by atoms with E-state index in [4.69, 9.17) is 14.1 Å². The van der Waals surface area contributed by atoms with Crippen LogP contribution in [-0.2, 0) is 11.2 Å². The lowest BCUT2D eigenvalue weighted by atomic mass is 9.79. The average molecular weight is 382 g/mol. The minimum atomic E-state index is 0.165. The first-order chi connectivity index (χ1) is 13.4. The second-order valence-electron chi connectivity index (χ2n) is 8.65. The van der Waals surface area contributed by atoms with Crippen molar-refractivity contribution >= 4 is 0 Å². The van der Waals surface area contributed by atoms with Crippen LogP contribution >= 0.6 is 0 Å². The minimum absolute atomic E-state index is 0.165. The van der Waals surface area contributed by atoms with E-state index in [9.17, 15) is 0 Å². The molecule has 0 N–H and O–H groups in total. The summed E-state index contributed by atoms with van der Waals surface area (Å²) < 4.78 is 12.0. The monoisotopic (exact) mass is 381 g/mol. The fraction of sp³-hybridized carbons (Fsp3) is 0.560. The Morgan fingerprint density at radius 1 is 1.21 bits per heavy atom. The quantitative estimate of drug-likeness (QED) is 0.478. The zero-order chi connectivity index (χ0) is 20.1. The van der Waals surface area contributed by atoms with Crippen molar-refractivity contribution in [1.82, 2.24) is 4.98 Å². The van der Waals surface area contributed by atoms with Crippen molar-refractivity contribution in [3.05, 3.63) is 53.4 Å². The molecule has 1 heterocycles. The summed E-state index contributed by atoms with van der Waals surface area (Å²) in [6.45, 7) is 13.1. The van der Waals surface area contributed by atoms with Gasteiger partial charge in [0.15, 0.2) is 0 Å². The van der Waals surface area contributed by atoms with Gasteiger partial charge in [-0.15, -0.1) is 0 Å². The lowest BCUT2D eigenvalue weighted by molar-refractivity contribution is 0.0419. The second kappa shape index (κ2) is 9.56. The number of oxazole rings is 1. The van der Waals surface area contributed by atoms with Crippen molar-refractivity contribution in [3.63, 3.8) is 0 Å². The Balaban J connectivity index is 1.52. The van der Waals surface area contributed by atoms with E-state index in [0.29, 0.717) is 5.92 Å². The van der Waals surface area contributed by atoms with Gasteiger partial charge in [0.05, 0.1) is 18.4 Å². The summed E-state index contributed by atoms with van der Waals surface area (Å²) >= 11 is 0. The van der Waals surface area contributed by atoms with Gasteiger partial charge in [-0.3, -0.25) is 0 Å². The number of aromatic nitrogens is 1. The number of rotatable bonds is 8. The molecule has 28 heavy (non-hydrogen) atoms. The molecule has 152 valence electrons. The van der Waals surface area contributed by atoms with Crippen LogP contribution in [0.2, 0.25) is 0 Å². The standard InChI is InChI=1S/C25H35NO2/c1-17(2)19(4)27-16-22-8-6-7-21(15-22)11-14-24-20(5)28-25(26-24)23-12-9-18(3)10-13-23/h9-10,12-13,19,21-22H,1,6-8,11,14-16H2,2-5H3. The fourth-order valence-electron chi connectivity index (χ4n) is 4.06. The van der Waals surface area contributed by atoms with Gasteiger partial charge in [-0.1, -0.05) is 42.7 Å². The molecule has 1 aromatic heterocycles. The van der Waals surface area contributed by atoms with Crippen molar-refractivity contribution in [3.8, 4) is 11.5 Å². The number of ether oxygens (including phenoxy) is 1. The second-order valence-corrected chi connectivity index (χ2v) is 8.65. The highest BCUT2D eigenvalue weighted by molar-refractivity contribution is 5.54. The van der Waals surface area contributed by atoms with Crippen LogP contribution in [-0.4, -0.2) is 17.7 Å². The molecule has 3 nitrogen and oxygen atoms in total. The Hall–Kier alpha value is -1.87. The minimum Gasteiger partial charge on any atom is -0.441 e. The summed E-state index contributed by atoms with van der Waals surface area (Å²) in [5, 5.41) is 0.